The number of H-pyrrole nitrogens is 1. The number of para-hydroxylation sites is 1. The number of ether oxygens (including phenoxy) is 1. The summed E-state index contributed by atoms with van der Waals surface area (Å²) in [6.07, 6.45) is 0. The molecule has 2 aromatic carbocycles. The number of rotatable bonds is 6. The molecule has 0 aliphatic carbocycles. The van der Waals surface area contributed by atoms with E-state index in [1.165, 1.54) is 7.11 Å². The molecule has 0 bridgehead atoms. The lowest BCUT2D eigenvalue weighted by Gasteiger charge is -2.04. The Kier molecular flexibility index (Phi) is 5.22. The van der Waals surface area contributed by atoms with E-state index in [9.17, 15) is 13.2 Å². The largest absolute Gasteiger partial charge is 0.494 e. The summed E-state index contributed by atoms with van der Waals surface area (Å²) in [5, 5.41) is 10.5. The molecule has 1 aromatic heterocycles. The van der Waals surface area contributed by atoms with Crippen molar-refractivity contribution in [3.8, 4) is 5.75 Å². The second-order valence-electron chi connectivity index (χ2n) is 5.77. The van der Waals surface area contributed by atoms with Crippen LogP contribution in [0.25, 0.3) is 0 Å². The van der Waals surface area contributed by atoms with Crippen LogP contribution in [-0.2, 0) is 15.8 Å². The summed E-state index contributed by atoms with van der Waals surface area (Å²) in [5.74, 6) is 0.183. The Morgan fingerprint density at radius 1 is 1.04 bits per heavy atom. The van der Waals surface area contributed by atoms with Gasteiger partial charge in [-0.3, -0.25) is 9.89 Å². The molecule has 0 atom stereocenters. The van der Waals surface area contributed by atoms with Gasteiger partial charge in [0.15, 0.2) is 5.69 Å². The van der Waals surface area contributed by atoms with Gasteiger partial charge in [-0.05, 0) is 24.6 Å². The SMILES string of the molecule is COc1ccccc1N=Nc1c(C)[nH]n(S(=O)(=O)Cc2ccccc2)c1=O. The van der Waals surface area contributed by atoms with Crippen molar-refractivity contribution < 1.29 is 13.2 Å². The third-order valence-electron chi connectivity index (χ3n) is 3.82. The van der Waals surface area contributed by atoms with Gasteiger partial charge in [-0.1, -0.05) is 42.5 Å². The molecule has 0 fully saturated rings. The first-order valence-electron chi connectivity index (χ1n) is 8.06. The van der Waals surface area contributed by atoms with Crippen molar-refractivity contribution in [3.05, 3.63) is 76.2 Å². The van der Waals surface area contributed by atoms with Crippen molar-refractivity contribution in [1.82, 2.24) is 9.19 Å². The summed E-state index contributed by atoms with van der Waals surface area (Å²) in [4.78, 5) is 12.6. The van der Waals surface area contributed by atoms with Crippen LogP contribution in [0, 0.1) is 6.92 Å². The first-order valence-corrected chi connectivity index (χ1v) is 9.67. The highest BCUT2D eigenvalue weighted by atomic mass is 32.2. The maximum atomic E-state index is 12.6. The minimum atomic E-state index is -3.92. The Balaban J connectivity index is 1.95. The summed E-state index contributed by atoms with van der Waals surface area (Å²) in [7, 11) is -2.42. The number of hydrogen-bond donors (Lipinski definition) is 1. The lowest BCUT2D eigenvalue weighted by atomic mass is 10.2. The van der Waals surface area contributed by atoms with Crippen molar-refractivity contribution in [2.24, 2.45) is 10.2 Å². The molecule has 3 aromatic rings. The Bertz CT molecular complexity index is 1130. The van der Waals surface area contributed by atoms with E-state index in [2.05, 4.69) is 15.3 Å². The van der Waals surface area contributed by atoms with Gasteiger partial charge in [0.1, 0.15) is 11.4 Å². The number of methoxy groups -OCH3 is 1. The number of azo groups is 1. The quantitative estimate of drug-likeness (QED) is 0.656. The molecule has 27 heavy (non-hydrogen) atoms. The number of aryl methyl sites for hydroxylation is 1. The first-order chi connectivity index (χ1) is 12.9. The van der Waals surface area contributed by atoms with Crippen LogP contribution in [0.1, 0.15) is 11.3 Å². The highest BCUT2D eigenvalue weighted by Crippen LogP contribution is 2.28. The van der Waals surface area contributed by atoms with Crippen molar-refractivity contribution >= 4 is 21.4 Å². The molecule has 140 valence electrons. The van der Waals surface area contributed by atoms with Gasteiger partial charge in [0.25, 0.3) is 10.0 Å². The molecule has 0 amide bonds. The second kappa shape index (κ2) is 7.58. The second-order valence-corrected chi connectivity index (χ2v) is 7.59. The van der Waals surface area contributed by atoms with Gasteiger partial charge in [0, 0.05) is 0 Å². The zero-order valence-electron chi connectivity index (χ0n) is 14.8. The zero-order valence-corrected chi connectivity index (χ0v) is 15.6. The molecule has 1 N–H and O–H groups in total. The van der Waals surface area contributed by atoms with Gasteiger partial charge in [-0.2, -0.15) is 0 Å². The zero-order chi connectivity index (χ0) is 19.4. The van der Waals surface area contributed by atoms with Gasteiger partial charge in [0.05, 0.1) is 18.6 Å². The summed E-state index contributed by atoms with van der Waals surface area (Å²) in [6, 6.07) is 15.5. The maximum Gasteiger partial charge on any atom is 0.308 e. The van der Waals surface area contributed by atoms with E-state index in [-0.39, 0.29) is 11.4 Å². The fourth-order valence-electron chi connectivity index (χ4n) is 2.49. The first kappa shape index (κ1) is 18.6. The Morgan fingerprint density at radius 2 is 1.70 bits per heavy atom. The normalized spacial score (nSPS) is 11.8. The highest BCUT2D eigenvalue weighted by molar-refractivity contribution is 7.89. The van der Waals surface area contributed by atoms with Crippen molar-refractivity contribution in [2.75, 3.05) is 7.11 Å². The van der Waals surface area contributed by atoms with E-state index < -0.39 is 15.6 Å². The van der Waals surface area contributed by atoms with E-state index in [4.69, 9.17) is 4.74 Å². The van der Waals surface area contributed by atoms with E-state index in [0.717, 1.165) is 0 Å². The fraction of sp³-hybridized carbons (Fsp3) is 0.167. The third-order valence-corrected chi connectivity index (χ3v) is 5.34. The van der Waals surface area contributed by atoms with Gasteiger partial charge >= 0.3 is 5.56 Å². The molecule has 3 rings (SSSR count). The molecule has 0 aliphatic heterocycles. The van der Waals surface area contributed by atoms with Gasteiger partial charge < -0.3 is 4.74 Å². The summed E-state index contributed by atoms with van der Waals surface area (Å²) in [6.45, 7) is 1.56. The number of nitrogens with one attached hydrogen (secondary N) is 1. The number of aromatic nitrogens is 2. The van der Waals surface area contributed by atoms with Crippen LogP contribution in [0.15, 0.2) is 69.6 Å². The molecule has 0 unspecified atom stereocenters. The van der Waals surface area contributed by atoms with Crippen LogP contribution in [0.3, 0.4) is 0 Å². The minimum Gasteiger partial charge on any atom is -0.494 e. The van der Waals surface area contributed by atoms with Crippen molar-refractivity contribution in [3.63, 3.8) is 0 Å². The number of aromatic amines is 1. The van der Waals surface area contributed by atoms with Crippen LogP contribution in [0.4, 0.5) is 11.4 Å². The molecule has 0 saturated carbocycles. The van der Waals surface area contributed by atoms with Crippen molar-refractivity contribution in [1.29, 1.82) is 0 Å². The molecule has 0 radical (unpaired) electrons. The Morgan fingerprint density at radius 3 is 2.41 bits per heavy atom. The van der Waals surface area contributed by atoms with E-state index in [1.54, 1.807) is 61.5 Å². The summed E-state index contributed by atoms with van der Waals surface area (Å²) >= 11 is 0. The number of benzene rings is 2. The van der Waals surface area contributed by atoms with Crippen LogP contribution >= 0.6 is 0 Å². The average molecular weight is 386 g/mol. The predicted molar refractivity (Wildman–Crippen MR) is 101 cm³/mol. The van der Waals surface area contributed by atoms with E-state index in [0.29, 0.717) is 26.8 Å². The smallest absolute Gasteiger partial charge is 0.308 e. The number of hydrogen-bond acceptors (Lipinski definition) is 6. The molecular formula is C18H18N4O4S. The summed E-state index contributed by atoms with van der Waals surface area (Å²) < 4.78 is 31.0. The average Bonchev–Trinajstić information content (AvgIpc) is 2.95. The monoisotopic (exact) mass is 386 g/mol. The van der Waals surface area contributed by atoms with E-state index in [1.807, 2.05) is 0 Å². The van der Waals surface area contributed by atoms with Crippen LogP contribution in [-0.4, -0.2) is 24.7 Å². The Labute approximate surface area is 156 Å². The molecule has 0 aliphatic rings. The van der Waals surface area contributed by atoms with E-state index >= 15 is 0 Å². The molecule has 1 heterocycles. The maximum absolute atomic E-state index is 12.6. The molecule has 9 heteroatoms. The predicted octanol–water partition coefficient (Wildman–Crippen LogP) is 3.29. The lowest BCUT2D eigenvalue weighted by Crippen LogP contribution is -2.26. The molecule has 0 saturated heterocycles. The summed E-state index contributed by atoms with van der Waals surface area (Å²) in [5.41, 5.74) is 0.461. The van der Waals surface area contributed by atoms with Gasteiger partial charge in [0.2, 0.25) is 0 Å². The van der Waals surface area contributed by atoms with Crippen LogP contribution < -0.4 is 10.3 Å². The number of nitrogens with zero attached hydrogens (tertiary/aromatic N) is 3. The third kappa shape index (κ3) is 3.98. The molecular weight excluding hydrogens is 368 g/mol. The standard InChI is InChI=1S/C18H18N4O4S/c1-13-17(20-19-15-10-6-7-11-16(15)26-2)18(23)22(21-13)27(24,25)12-14-8-4-3-5-9-14/h3-11,21H,12H2,1-2H3. The van der Waals surface area contributed by atoms with Crippen molar-refractivity contribution in [2.45, 2.75) is 12.7 Å². The minimum absolute atomic E-state index is 0.0717. The topological polar surface area (TPSA) is 106 Å². The van der Waals surface area contributed by atoms with Crippen LogP contribution in [0.5, 0.6) is 5.75 Å². The Hall–Kier alpha value is -3.20. The van der Waals surface area contributed by atoms with Crippen LogP contribution in [0.2, 0.25) is 0 Å². The molecule has 8 nitrogen and oxygen atoms in total. The molecule has 0 spiro atoms. The van der Waals surface area contributed by atoms with Gasteiger partial charge in [-0.25, -0.2) is 8.42 Å². The van der Waals surface area contributed by atoms with Gasteiger partial charge in [-0.15, -0.1) is 14.3 Å². The highest BCUT2D eigenvalue weighted by Gasteiger charge is 2.22. The lowest BCUT2D eigenvalue weighted by molar-refractivity contribution is 0.416. The fourth-order valence-corrected chi connectivity index (χ4v) is 3.85.